The molecule has 2 N–H and O–H groups in total. The van der Waals surface area contributed by atoms with E-state index in [9.17, 15) is 0 Å². The number of benzene rings is 1. The van der Waals surface area contributed by atoms with E-state index in [2.05, 4.69) is 20.4 Å². The van der Waals surface area contributed by atoms with Crippen LogP contribution >= 0.6 is 0 Å². The van der Waals surface area contributed by atoms with Crippen LogP contribution in [-0.4, -0.2) is 10.2 Å². The molecule has 0 bridgehead atoms. The molecule has 0 atom stereocenters. The van der Waals surface area contributed by atoms with Gasteiger partial charge in [-0.15, -0.1) is 0 Å². The highest BCUT2D eigenvalue weighted by Gasteiger charge is 2.03. The molecule has 1 heterocycles. The number of aromatic amines is 1. The Hall–Kier alpha value is -2.28. The summed E-state index contributed by atoms with van der Waals surface area (Å²) in [4.78, 5) is 3.32. The quantitative estimate of drug-likeness (QED) is 0.705. The predicted octanol–water partition coefficient (Wildman–Crippen LogP) is 2.70. The zero-order valence-electron chi connectivity index (χ0n) is 7.36. The summed E-state index contributed by atoms with van der Waals surface area (Å²) in [5.41, 5.74) is 1.43. The van der Waals surface area contributed by atoms with Crippen molar-refractivity contribution < 1.29 is 0 Å². The molecule has 4 nitrogen and oxygen atoms in total. The SMILES string of the molecule is [C-]#[N+]c1cn[nH]c1Nc1ccccc1. The Bertz CT molecular complexity index is 452. The molecule has 0 aliphatic rings. The fourth-order valence-electron chi connectivity index (χ4n) is 1.12. The maximum atomic E-state index is 6.89. The van der Waals surface area contributed by atoms with Crippen molar-refractivity contribution >= 4 is 17.2 Å². The summed E-state index contributed by atoms with van der Waals surface area (Å²) >= 11 is 0. The molecule has 0 aliphatic heterocycles. The highest BCUT2D eigenvalue weighted by Crippen LogP contribution is 2.24. The highest BCUT2D eigenvalue weighted by atomic mass is 15.2. The van der Waals surface area contributed by atoms with Crippen molar-refractivity contribution in [2.75, 3.05) is 5.32 Å². The Morgan fingerprint density at radius 2 is 2.07 bits per heavy atom. The van der Waals surface area contributed by atoms with Crippen LogP contribution in [0.4, 0.5) is 17.2 Å². The van der Waals surface area contributed by atoms with Crippen molar-refractivity contribution in [2.24, 2.45) is 0 Å². The zero-order valence-corrected chi connectivity index (χ0v) is 7.36. The molecule has 2 aromatic rings. The second kappa shape index (κ2) is 3.62. The first kappa shape index (κ1) is 8.32. The molecule has 68 valence electrons. The third-order valence-corrected chi connectivity index (χ3v) is 1.78. The molecule has 4 heteroatoms. The average molecular weight is 184 g/mol. The normalized spacial score (nSPS) is 9.36. The summed E-state index contributed by atoms with van der Waals surface area (Å²) in [5.74, 6) is 0.631. The molecule has 0 aliphatic carbocycles. The van der Waals surface area contributed by atoms with Crippen molar-refractivity contribution in [1.29, 1.82) is 0 Å². The number of nitrogens with zero attached hydrogens (tertiary/aromatic N) is 2. The molecule has 1 aromatic carbocycles. The summed E-state index contributed by atoms with van der Waals surface area (Å²) in [6.45, 7) is 6.89. The molecule has 2 rings (SSSR count). The molecular weight excluding hydrogens is 176 g/mol. The van der Waals surface area contributed by atoms with Gasteiger partial charge in [0, 0.05) is 5.69 Å². The van der Waals surface area contributed by atoms with Crippen LogP contribution in [0.1, 0.15) is 0 Å². The van der Waals surface area contributed by atoms with Gasteiger partial charge in [-0.05, 0) is 12.1 Å². The third kappa shape index (κ3) is 1.57. The van der Waals surface area contributed by atoms with E-state index in [4.69, 9.17) is 6.57 Å². The van der Waals surface area contributed by atoms with Gasteiger partial charge in [0.05, 0.1) is 12.8 Å². The van der Waals surface area contributed by atoms with Crippen LogP contribution < -0.4 is 5.32 Å². The molecule has 0 amide bonds. The standard InChI is InChI=1S/C10H8N4/c1-11-9-7-12-14-10(9)13-8-5-3-2-4-6-8/h2-7H,(H2,12,13,14). The Balaban J connectivity index is 2.24. The van der Waals surface area contributed by atoms with Gasteiger partial charge in [0.2, 0.25) is 5.69 Å². The lowest BCUT2D eigenvalue weighted by Gasteiger charge is -2.02. The lowest BCUT2D eigenvalue weighted by molar-refractivity contribution is 1.09. The van der Waals surface area contributed by atoms with E-state index in [1.54, 1.807) is 0 Å². The monoisotopic (exact) mass is 184 g/mol. The second-order valence-corrected chi connectivity index (χ2v) is 2.73. The minimum Gasteiger partial charge on any atom is -0.350 e. The Labute approximate surface area is 81.4 Å². The minimum absolute atomic E-state index is 0.494. The Morgan fingerprint density at radius 1 is 1.29 bits per heavy atom. The largest absolute Gasteiger partial charge is 0.350 e. The van der Waals surface area contributed by atoms with Gasteiger partial charge in [0.25, 0.3) is 0 Å². The van der Waals surface area contributed by atoms with E-state index in [1.807, 2.05) is 30.3 Å². The Morgan fingerprint density at radius 3 is 2.79 bits per heavy atom. The van der Waals surface area contributed by atoms with Crippen LogP contribution in [0.25, 0.3) is 4.85 Å². The molecule has 1 aromatic heterocycles. The van der Waals surface area contributed by atoms with Gasteiger partial charge in [0.1, 0.15) is 5.82 Å². The molecule has 0 spiro atoms. The van der Waals surface area contributed by atoms with Crippen molar-refractivity contribution in [3.8, 4) is 0 Å². The van der Waals surface area contributed by atoms with Gasteiger partial charge in [0.15, 0.2) is 0 Å². The number of nitrogens with one attached hydrogen (secondary N) is 2. The van der Waals surface area contributed by atoms with Gasteiger partial charge < -0.3 is 5.32 Å². The minimum atomic E-state index is 0.494. The molecule has 0 saturated heterocycles. The maximum Gasteiger partial charge on any atom is 0.247 e. The zero-order chi connectivity index (χ0) is 9.80. The van der Waals surface area contributed by atoms with Crippen LogP contribution in [0.3, 0.4) is 0 Å². The van der Waals surface area contributed by atoms with Gasteiger partial charge in [-0.25, -0.2) is 4.85 Å². The molecule has 14 heavy (non-hydrogen) atoms. The van der Waals surface area contributed by atoms with E-state index in [-0.39, 0.29) is 0 Å². The lowest BCUT2D eigenvalue weighted by atomic mass is 10.3. The summed E-state index contributed by atoms with van der Waals surface area (Å²) in [6.07, 6.45) is 1.50. The van der Waals surface area contributed by atoms with Crippen molar-refractivity contribution in [1.82, 2.24) is 10.2 Å². The van der Waals surface area contributed by atoms with Crippen LogP contribution in [-0.2, 0) is 0 Å². The number of aromatic nitrogens is 2. The van der Waals surface area contributed by atoms with Gasteiger partial charge in [-0.2, -0.15) is 5.10 Å². The maximum absolute atomic E-state index is 6.89. The second-order valence-electron chi connectivity index (χ2n) is 2.73. The van der Waals surface area contributed by atoms with Crippen molar-refractivity contribution in [3.63, 3.8) is 0 Å². The first-order chi connectivity index (χ1) is 6.90. The van der Waals surface area contributed by atoms with E-state index >= 15 is 0 Å². The van der Waals surface area contributed by atoms with E-state index < -0.39 is 0 Å². The number of para-hydroxylation sites is 1. The van der Waals surface area contributed by atoms with Gasteiger partial charge in [-0.1, -0.05) is 18.2 Å². The third-order valence-electron chi connectivity index (χ3n) is 1.78. The summed E-state index contributed by atoms with van der Waals surface area (Å²) < 4.78 is 0. The van der Waals surface area contributed by atoms with Gasteiger partial charge in [-0.3, -0.25) is 5.10 Å². The van der Waals surface area contributed by atoms with Crippen molar-refractivity contribution in [2.45, 2.75) is 0 Å². The van der Waals surface area contributed by atoms with Crippen LogP contribution in [0, 0.1) is 6.57 Å². The number of hydrogen-bond donors (Lipinski definition) is 2. The summed E-state index contributed by atoms with van der Waals surface area (Å²) in [7, 11) is 0. The fourth-order valence-corrected chi connectivity index (χ4v) is 1.12. The number of anilines is 2. The predicted molar refractivity (Wildman–Crippen MR) is 54.6 cm³/mol. The summed E-state index contributed by atoms with van der Waals surface area (Å²) in [5, 5.41) is 9.59. The number of hydrogen-bond acceptors (Lipinski definition) is 2. The van der Waals surface area contributed by atoms with Gasteiger partial charge >= 0.3 is 0 Å². The van der Waals surface area contributed by atoms with E-state index in [0.717, 1.165) is 5.69 Å². The first-order valence-corrected chi connectivity index (χ1v) is 4.13. The average Bonchev–Trinajstić information content (AvgIpc) is 2.67. The molecule has 0 saturated carbocycles. The topological polar surface area (TPSA) is 45.1 Å². The number of rotatable bonds is 2. The van der Waals surface area contributed by atoms with E-state index in [0.29, 0.717) is 11.5 Å². The molecule has 0 fully saturated rings. The van der Waals surface area contributed by atoms with Crippen molar-refractivity contribution in [3.05, 3.63) is 47.9 Å². The lowest BCUT2D eigenvalue weighted by Crippen LogP contribution is -1.89. The summed E-state index contributed by atoms with van der Waals surface area (Å²) in [6, 6.07) is 9.64. The number of H-pyrrole nitrogens is 1. The highest BCUT2D eigenvalue weighted by molar-refractivity contribution is 5.70. The smallest absolute Gasteiger partial charge is 0.247 e. The molecule has 0 unspecified atom stereocenters. The van der Waals surface area contributed by atoms with Crippen LogP contribution in [0.2, 0.25) is 0 Å². The van der Waals surface area contributed by atoms with Crippen LogP contribution in [0.5, 0.6) is 0 Å². The fraction of sp³-hybridized carbons (Fsp3) is 0. The van der Waals surface area contributed by atoms with E-state index in [1.165, 1.54) is 6.20 Å². The Kier molecular flexibility index (Phi) is 2.15. The molecular formula is C10H8N4. The van der Waals surface area contributed by atoms with Crippen LogP contribution in [0.15, 0.2) is 36.5 Å². The first-order valence-electron chi connectivity index (χ1n) is 4.13. The molecule has 0 radical (unpaired) electrons.